The molecule has 2 aliphatic rings. The maximum atomic E-state index is 5.94. The van der Waals surface area contributed by atoms with Gasteiger partial charge in [0.05, 0.1) is 12.2 Å². The molecule has 20 heavy (non-hydrogen) atoms. The molecule has 2 aliphatic heterocycles. The van der Waals surface area contributed by atoms with Gasteiger partial charge in [-0.05, 0) is 29.9 Å². The SMILES string of the molecule is NCc1ccc(N2CC3CCC(C2)O3)c2ccccc12. The summed E-state index contributed by atoms with van der Waals surface area (Å²) in [6.07, 6.45) is 3.25. The average molecular weight is 268 g/mol. The van der Waals surface area contributed by atoms with Gasteiger partial charge < -0.3 is 15.4 Å². The lowest BCUT2D eigenvalue weighted by Crippen LogP contribution is -2.42. The monoisotopic (exact) mass is 268 g/mol. The Labute approximate surface area is 119 Å². The summed E-state index contributed by atoms with van der Waals surface area (Å²) >= 11 is 0. The van der Waals surface area contributed by atoms with Crippen LogP contribution in [0.2, 0.25) is 0 Å². The van der Waals surface area contributed by atoms with Gasteiger partial charge >= 0.3 is 0 Å². The summed E-state index contributed by atoms with van der Waals surface area (Å²) in [5.74, 6) is 0. The third-order valence-corrected chi connectivity index (χ3v) is 4.60. The Bertz CT molecular complexity index is 628. The van der Waals surface area contributed by atoms with Crippen LogP contribution in [0, 0.1) is 0 Å². The normalized spacial score (nSPS) is 25.4. The fourth-order valence-electron chi connectivity index (χ4n) is 3.61. The summed E-state index contributed by atoms with van der Waals surface area (Å²) in [5.41, 5.74) is 8.42. The molecular weight excluding hydrogens is 248 g/mol. The molecule has 0 amide bonds. The number of nitrogens with two attached hydrogens (primary N) is 1. The minimum absolute atomic E-state index is 0.418. The highest BCUT2D eigenvalue weighted by molar-refractivity contribution is 5.96. The zero-order valence-electron chi connectivity index (χ0n) is 11.6. The Morgan fingerprint density at radius 3 is 2.40 bits per heavy atom. The lowest BCUT2D eigenvalue weighted by atomic mass is 10.0. The summed E-state index contributed by atoms with van der Waals surface area (Å²) < 4.78 is 5.94. The Hall–Kier alpha value is -1.58. The van der Waals surface area contributed by atoms with Crippen molar-refractivity contribution in [2.75, 3.05) is 18.0 Å². The first-order valence-corrected chi connectivity index (χ1v) is 7.46. The van der Waals surface area contributed by atoms with Crippen LogP contribution in [-0.4, -0.2) is 25.3 Å². The Morgan fingerprint density at radius 2 is 1.70 bits per heavy atom. The summed E-state index contributed by atoms with van der Waals surface area (Å²) in [6, 6.07) is 13.0. The van der Waals surface area contributed by atoms with Gasteiger partial charge in [-0.3, -0.25) is 0 Å². The third-order valence-electron chi connectivity index (χ3n) is 4.60. The molecule has 0 aliphatic carbocycles. The van der Waals surface area contributed by atoms with E-state index in [1.54, 1.807) is 0 Å². The smallest absolute Gasteiger partial charge is 0.0755 e. The molecular formula is C17H20N2O. The van der Waals surface area contributed by atoms with Gasteiger partial charge in [0.15, 0.2) is 0 Å². The molecule has 104 valence electrons. The number of morpholine rings is 1. The molecule has 0 spiro atoms. The molecule has 2 fully saturated rings. The number of rotatable bonds is 2. The fraction of sp³-hybridized carbons (Fsp3) is 0.412. The second kappa shape index (κ2) is 4.76. The molecule has 3 nitrogen and oxygen atoms in total. The van der Waals surface area contributed by atoms with Gasteiger partial charge in [0, 0.05) is 30.7 Å². The molecule has 0 aromatic heterocycles. The third kappa shape index (κ3) is 1.89. The first-order chi connectivity index (χ1) is 9.85. The summed E-state index contributed by atoms with van der Waals surface area (Å²) in [7, 11) is 0. The quantitative estimate of drug-likeness (QED) is 0.910. The first kappa shape index (κ1) is 12.2. The van der Waals surface area contributed by atoms with Crippen molar-refractivity contribution in [1.29, 1.82) is 0 Å². The first-order valence-electron chi connectivity index (χ1n) is 7.46. The molecule has 4 rings (SSSR count). The van der Waals surface area contributed by atoms with E-state index in [1.165, 1.54) is 34.9 Å². The van der Waals surface area contributed by atoms with E-state index in [1.807, 2.05) is 0 Å². The van der Waals surface area contributed by atoms with Crippen LogP contribution in [0.5, 0.6) is 0 Å². The molecule has 0 saturated carbocycles. The lowest BCUT2D eigenvalue weighted by Gasteiger charge is -2.34. The Morgan fingerprint density at radius 1 is 1.00 bits per heavy atom. The van der Waals surface area contributed by atoms with Gasteiger partial charge in [-0.1, -0.05) is 30.3 Å². The molecule has 2 aromatic carbocycles. The van der Waals surface area contributed by atoms with Crippen molar-refractivity contribution in [2.45, 2.75) is 31.6 Å². The second-order valence-electron chi connectivity index (χ2n) is 5.86. The van der Waals surface area contributed by atoms with Crippen LogP contribution in [0.1, 0.15) is 18.4 Å². The van der Waals surface area contributed by atoms with Gasteiger partial charge in [0.1, 0.15) is 0 Å². The second-order valence-corrected chi connectivity index (χ2v) is 5.86. The highest BCUT2D eigenvalue weighted by Gasteiger charge is 2.34. The van der Waals surface area contributed by atoms with Crippen molar-refractivity contribution in [3.63, 3.8) is 0 Å². The molecule has 2 bridgehead atoms. The van der Waals surface area contributed by atoms with Crippen molar-refractivity contribution in [1.82, 2.24) is 0 Å². The molecule has 0 radical (unpaired) electrons. The molecule has 3 heteroatoms. The van der Waals surface area contributed by atoms with Crippen LogP contribution >= 0.6 is 0 Å². The Balaban J connectivity index is 1.80. The van der Waals surface area contributed by atoms with Crippen LogP contribution < -0.4 is 10.6 Å². The predicted molar refractivity (Wildman–Crippen MR) is 81.9 cm³/mol. The standard InChI is InChI=1S/C17H20N2O/c18-9-12-5-8-17(16-4-2-1-3-15(12)16)19-10-13-6-7-14(11-19)20-13/h1-5,8,13-14H,6-7,9-11,18H2. The number of nitrogens with zero attached hydrogens (tertiary/aromatic N) is 1. The highest BCUT2D eigenvalue weighted by Crippen LogP contribution is 2.34. The zero-order chi connectivity index (χ0) is 13.5. The van der Waals surface area contributed by atoms with Crippen molar-refractivity contribution < 1.29 is 4.74 Å². The van der Waals surface area contributed by atoms with E-state index >= 15 is 0 Å². The van der Waals surface area contributed by atoms with Crippen molar-refractivity contribution in [3.8, 4) is 0 Å². The van der Waals surface area contributed by atoms with E-state index in [2.05, 4.69) is 41.3 Å². The molecule has 2 saturated heterocycles. The van der Waals surface area contributed by atoms with Gasteiger partial charge in [-0.25, -0.2) is 0 Å². The van der Waals surface area contributed by atoms with Gasteiger partial charge in [-0.15, -0.1) is 0 Å². The van der Waals surface area contributed by atoms with Crippen LogP contribution in [0.25, 0.3) is 10.8 Å². The van der Waals surface area contributed by atoms with Gasteiger partial charge in [-0.2, -0.15) is 0 Å². The van der Waals surface area contributed by atoms with Gasteiger partial charge in [0.2, 0.25) is 0 Å². The highest BCUT2D eigenvalue weighted by atomic mass is 16.5. The summed E-state index contributed by atoms with van der Waals surface area (Å²) in [5, 5.41) is 2.60. The van der Waals surface area contributed by atoms with E-state index < -0.39 is 0 Å². The van der Waals surface area contributed by atoms with Crippen LogP contribution in [-0.2, 0) is 11.3 Å². The van der Waals surface area contributed by atoms with E-state index in [0.29, 0.717) is 18.8 Å². The topological polar surface area (TPSA) is 38.5 Å². The van der Waals surface area contributed by atoms with Crippen molar-refractivity contribution in [3.05, 3.63) is 42.0 Å². The molecule has 2 heterocycles. The number of ether oxygens (including phenoxy) is 1. The summed E-state index contributed by atoms with van der Waals surface area (Å²) in [6.45, 7) is 2.63. The number of benzene rings is 2. The zero-order valence-corrected chi connectivity index (χ0v) is 11.6. The van der Waals surface area contributed by atoms with E-state index in [-0.39, 0.29) is 0 Å². The van der Waals surface area contributed by atoms with Crippen LogP contribution in [0.3, 0.4) is 0 Å². The van der Waals surface area contributed by atoms with Crippen LogP contribution in [0.15, 0.2) is 36.4 Å². The maximum Gasteiger partial charge on any atom is 0.0755 e. The van der Waals surface area contributed by atoms with E-state index in [4.69, 9.17) is 10.5 Å². The molecule has 2 N–H and O–H groups in total. The van der Waals surface area contributed by atoms with Crippen LogP contribution in [0.4, 0.5) is 5.69 Å². The molecule has 2 aromatic rings. The number of fused-ring (bicyclic) bond motifs is 3. The van der Waals surface area contributed by atoms with E-state index in [0.717, 1.165) is 13.1 Å². The predicted octanol–water partition coefficient (Wildman–Crippen LogP) is 2.67. The fourth-order valence-corrected chi connectivity index (χ4v) is 3.61. The number of hydrogen-bond acceptors (Lipinski definition) is 3. The van der Waals surface area contributed by atoms with E-state index in [9.17, 15) is 0 Å². The average Bonchev–Trinajstić information content (AvgIpc) is 2.84. The number of anilines is 1. The molecule has 2 unspecified atom stereocenters. The summed E-state index contributed by atoms with van der Waals surface area (Å²) in [4.78, 5) is 2.49. The minimum Gasteiger partial charge on any atom is -0.371 e. The number of hydrogen-bond donors (Lipinski definition) is 1. The maximum absolute atomic E-state index is 5.94. The lowest BCUT2D eigenvalue weighted by molar-refractivity contribution is 0.0306. The van der Waals surface area contributed by atoms with Crippen molar-refractivity contribution in [2.24, 2.45) is 5.73 Å². The largest absolute Gasteiger partial charge is 0.371 e. The Kier molecular flexibility index (Phi) is 2.90. The van der Waals surface area contributed by atoms with Gasteiger partial charge in [0.25, 0.3) is 0 Å². The molecule has 2 atom stereocenters. The minimum atomic E-state index is 0.418. The van der Waals surface area contributed by atoms with Crippen molar-refractivity contribution >= 4 is 16.5 Å².